The fourth-order valence-corrected chi connectivity index (χ4v) is 1.28. The van der Waals surface area contributed by atoms with Crippen LogP contribution in [0.3, 0.4) is 0 Å². The minimum Gasteiger partial charge on any atom is -0.285 e. The van der Waals surface area contributed by atoms with Gasteiger partial charge in [0.15, 0.2) is 0 Å². The van der Waals surface area contributed by atoms with Crippen LogP contribution in [-0.4, -0.2) is 10.2 Å². The van der Waals surface area contributed by atoms with Crippen molar-refractivity contribution in [1.29, 1.82) is 0 Å². The molecular formula is C9H16N2. The fraction of sp³-hybridized carbons (Fsp3) is 0.667. The van der Waals surface area contributed by atoms with Gasteiger partial charge < -0.3 is 0 Å². The van der Waals surface area contributed by atoms with Crippen molar-refractivity contribution < 1.29 is 0 Å². The molecule has 0 aromatic carbocycles. The van der Waals surface area contributed by atoms with Gasteiger partial charge in [-0.15, -0.1) is 0 Å². The van der Waals surface area contributed by atoms with Crippen LogP contribution in [0.15, 0.2) is 6.20 Å². The Bertz CT molecular complexity index is 183. The molecule has 0 saturated carbocycles. The summed E-state index contributed by atoms with van der Waals surface area (Å²) in [6.45, 7) is 4.38. The number of aromatic amines is 1. The minimum absolute atomic E-state index is 1.11. The fourth-order valence-electron chi connectivity index (χ4n) is 1.28. The van der Waals surface area contributed by atoms with Gasteiger partial charge in [-0.05, 0) is 18.4 Å². The summed E-state index contributed by atoms with van der Waals surface area (Å²) < 4.78 is 0. The molecule has 1 N–H and O–H groups in total. The van der Waals surface area contributed by atoms with E-state index in [0.717, 1.165) is 12.8 Å². The van der Waals surface area contributed by atoms with E-state index in [9.17, 15) is 0 Å². The van der Waals surface area contributed by atoms with Crippen LogP contribution in [0.2, 0.25) is 0 Å². The third kappa shape index (κ3) is 2.07. The molecule has 0 aliphatic rings. The Morgan fingerprint density at radius 3 is 2.64 bits per heavy atom. The van der Waals surface area contributed by atoms with Crippen molar-refractivity contribution >= 4 is 0 Å². The van der Waals surface area contributed by atoms with Crippen LogP contribution in [-0.2, 0) is 12.8 Å². The Hall–Kier alpha value is -0.790. The summed E-state index contributed by atoms with van der Waals surface area (Å²) in [6, 6.07) is 0. The summed E-state index contributed by atoms with van der Waals surface area (Å²) in [6.07, 6.45) is 6.68. The molecule has 0 unspecified atom stereocenters. The normalized spacial score (nSPS) is 10.4. The van der Waals surface area contributed by atoms with Gasteiger partial charge in [0.05, 0.1) is 5.69 Å². The number of aryl methyl sites for hydroxylation is 2. The predicted molar refractivity (Wildman–Crippen MR) is 46.6 cm³/mol. The van der Waals surface area contributed by atoms with Gasteiger partial charge in [0.25, 0.3) is 0 Å². The Kier molecular flexibility index (Phi) is 3.14. The largest absolute Gasteiger partial charge is 0.285 e. The van der Waals surface area contributed by atoms with Gasteiger partial charge in [0.2, 0.25) is 0 Å². The van der Waals surface area contributed by atoms with E-state index in [4.69, 9.17) is 0 Å². The van der Waals surface area contributed by atoms with E-state index in [1.54, 1.807) is 0 Å². The first-order valence-electron chi connectivity index (χ1n) is 4.40. The zero-order valence-corrected chi connectivity index (χ0v) is 7.35. The van der Waals surface area contributed by atoms with Gasteiger partial charge in [-0.2, -0.15) is 5.10 Å². The summed E-state index contributed by atoms with van der Waals surface area (Å²) in [5.74, 6) is 0. The van der Waals surface area contributed by atoms with E-state index < -0.39 is 0 Å². The molecule has 2 heteroatoms. The number of rotatable bonds is 4. The van der Waals surface area contributed by atoms with Crippen LogP contribution in [0.4, 0.5) is 0 Å². The highest BCUT2D eigenvalue weighted by molar-refractivity contribution is 5.16. The van der Waals surface area contributed by atoms with Crippen LogP contribution in [0, 0.1) is 0 Å². The Morgan fingerprint density at radius 1 is 1.27 bits per heavy atom. The summed E-state index contributed by atoms with van der Waals surface area (Å²) in [4.78, 5) is 0. The molecule has 1 rings (SSSR count). The molecule has 2 nitrogen and oxygen atoms in total. The van der Waals surface area contributed by atoms with E-state index >= 15 is 0 Å². The molecule has 0 aliphatic heterocycles. The lowest BCUT2D eigenvalue weighted by Gasteiger charge is -1.96. The summed E-state index contributed by atoms with van der Waals surface area (Å²) >= 11 is 0. The van der Waals surface area contributed by atoms with Crippen molar-refractivity contribution in [3.8, 4) is 0 Å². The monoisotopic (exact) mass is 152 g/mol. The second kappa shape index (κ2) is 4.16. The third-order valence-electron chi connectivity index (χ3n) is 1.82. The van der Waals surface area contributed by atoms with Gasteiger partial charge in [0.1, 0.15) is 0 Å². The molecule has 0 radical (unpaired) electrons. The van der Waals surface area contributed by atoms with E-state index in [2.05, 4.69) is 24.0 Å². The maximum atomic E-state index is 4.20. The van der Waals surface area contributed by atoms with E-state index in [-0.39, 0.29) is 0 Å². The number of H-pyrrole nitrogens is 1. The predicted octanol–water partition coefficient (Wildman–Crippen LogP) is 2.31. The number of nitrogens with zero attached hydrogens (tertiary/aromatic N) is 1. The van der Waals surface area contributed by atoms with Crippen molar-refractivity contribution in [2.75, 3.05) is 0 Å². The first kappa shape index (κ1) is 8.31. The maximum absolute atomic E-state index is 4.20. The molecule has 0 spiro atoms. The molecule has 11 heavy (non-hydrogen) atoms. The molecule has 1 heterocycles. The van der Waals surface area contributed by atoms with Crippen LogP contribution in [0.5, 0.6) is 0 Å². The topological polar surface area (TPSA) is 28.7 Å². The number of hydrogen-bond donors (Lipinski definition) is 1. The van der Waals surface area contributed by atoms with Crippen LogP contribution in [0.25, 0.3) is 0 Å². The van der Waals surface area contributed by atoms with Crippen molar-refractivity contribution in [3.63, 3.8) is 0 Å². The summed E-state index contributed by atoms with van der Waals surface area (Å²) in [7, 11) is 0. The first-order chi connectivity index (χ1) is 5.38. The highest BCUT2D eigenvalue weighted by Gasteiger charge is 2.01. The first-order valence-corrected chi connectivity index (χ1v) is 4.40. The molecule has 1 aromatic rings. The average Bonchev–Trinajstić information content (AvgIpc) is 2.39. The van der Waals surface area contributed by atoms with Gasteiger partial charge in [-0.3, -0.25) is 5.10 Å². The van der Waals surface area contributed by atoms with Gasteiger partial charge in [0, 0.05) is 6.20 Å². The maximum Gasteiger partial charge on any atom is 0.0653 e. The highest BCUT2D eigenvalue weighted by atomic mass is 15.1. The standard InChI is InChI=1S/C9H16N2/c1-3-5-8-7-10-11-9(8)6-4-2/h7H,3-6H2,1-2H3,(H,10,11). The second-order valence-corrected chi connectivity index (χ2v) is 2.86. The summed E-state index contributed by atoms with van der Waals surface area (Å²) in [5, 5.41) is 7.12. The lowest BCUT2D eigenvalue weighted by Crippen LogP contribution is -1.90. The molecule has 0 aliphatic carbocycles. The van der Waals surface area contributed by atoms with Crippen LogP contribution >= 0.6 is 0 Å². The van der Waals surface area contributed by atoms with E-state index in [0.29, 0.717) is 0 Å². The van der Waals surface area contributed by atoms with Crippen molar-refractivity contribution in [2.45, 2.75) is 39.5 Å². The van der Waals surface area contributed by atoms with Gasteiger partial charge >= 0.3 is 0 Å². The smallest absolute Gasteiger partial charge is 0.0653 e. The zero-order chi connectivity index (χ0) is 8.10. The van der Waals surface area contributed by atoms with Crippen molar-refractivity contribution in [3.05, 3.63) is 17.5 Å². The lowest BCUT2D eigenvalue weighted by molar-refractivity contribution is 0.835. The Morgan fingerprint density at radius 2 is 2.00 bits per heavy atom. The SMILES string of the molecule is CCCc1c[nH]nc1CCC. The molecule has 0 bridgehead atoms. The zero-order valence-electron chi connectivity index (χ0n) is 7.35. The minimum atomic E-state index is 1.11. The average molecular weight is 152 g/mol. The third-order valence-corrected chi connectivity index (χ3v) is 1.82. The molecule has 1 aromatic heterocycles. The van der Waals surface area contributed by atoms with E-state index in [1.807, 2.05) is 6.20 Å². The quantitative estimate of drug-likeness (QED) is 0.704. The number of hydrogen-bond acceptors (Lipinski definition) is 1. The van der Waals surface area contributed by atoms with Crippen molar-refractivity contribution in [2.24, 2.45) is 0 Å². The molecule has 62 valence electrons. The van der Waals surface area contributed by atoms with Gasteiger partial charge in [-0.1, -0.05) is 26.7 Å². The van der Waals surface area contributed by atoms with Gasteiger partial charge in [-0.25, -0.2) is 0 Å². The van der Waals surface area contributed by atoms with Crippen LogP contribution in [0.1, 0.15) is 37.9 Å². The van der Waals surface area contributed by atoms with Crippen molar-refractivity contribution in [1.82, 2.24) is 10.2 Å². The van der Waals surface area contributed by atoms with E-state index in [1.165, 1.54) is 24.1 Å². The molecule has 0 fully saturated rings. The highest BCUT2D eigenvalue weighted by Crippen LogP contribution is 2.08. The molecule has 0 amide bonds. The lowest BCUT2D eigenvalue weighted by atomic mass is 10.1. The number of aromatic nitrogens is 2. The number of nitrogens with one attached hydrogen (secondary N) is 1. The molecule has 0 saturated heterocycles. The summed E-state index contributed by atoms with van der Waals surface area (Å²) in [5.41, 5.74) is 2.66. The molecule has 0 atom stereocenters. The Labute approximate surface area is 68.0 Å². The second-order valence-electron chi connectivity index (χ2n) is 2.86. The Balaban J connectivity index is 2.62. The van der Waals surface area contributed by atoms with Crippen LogP contribution < -0.4 is 0 Å². The molecular weight excluding hydrogens is 136 g/mol.